The van der Waals surface area contributed by atoms with E-state index in [0.29, 0.717) is 5.56 Å². The highest BCUT2D eigenvalue weighted by Crippen LogP contribution is 2.27. The molecule has 0 unspecified atom stereocenters. The number of likely N-dealkylation sites (tertiary alicyclic amines) is 1. The summed E-state index contributed by atoms with van der Waals surface area (Å²) < 4.78 is 25.9. The second kappa shape index (κ2) is 4.91. The number of carbonyl (C=O) groups excluding carboxylic acids is 1. The van der Waals surface area contributed by atoms with Crippen molar-refractivity contribution in [2.45, 2.75) is 18.8 Å². The van der Waals surface area contributed by atoms with Gasteiger partial charge < -0.3 is 4.90 Å². The highest BCUT2D eigenvalue weighted by molar-refractivity contribution is 5.79. The topological polar surface area (TPSA) is 63.4 Å². The molecule has 0 atom stereocenters. The summed E-state index contributed by atoms with van der Waals surface area (Å²) in [5.41, 5.74) is 0.509. The highest BCUT2D eigenvalue weighted by atomic mass is 19.3. The van der Waals surface area contributed by atoms with Crippen molar-refractivity contribution in [3.05, 3.63) is 39.9 Å². The third kappa shape index (κ3) is 3.24. The number of benzene rings is 1. The van der Waals surface area contributed by atoms with Crippen LogP contribution in [0.2, 0.25) is 0 Å². The molecule has 102 valence electrons. The van der Waals surface area contributed by atoms with Crippen LogP contribution in [0.3, 0.4) is 0 Å². The second-order valence-electron chi connectivity index (χ2n) is 4.52. The average Bonchev–Trinajstić information content (AvgIpc) is 2.70. The lowest BCUT2D eigenvalue weighted by Crippen LogP contribution is -2.32. The molecule has 5 nitrogen and oxygen atoms in total. The quantitative estimate of drug-likeness (QED) is 0.623. The summed E-state index contributed by atoms with van der Waals surface area (Å²) in [6.07, 6.45) is -0.326. The Morgan fingerprint density at radius 2 is 2.00 bits per heavy atom. The van der Waals surface area contributed by atoms with Crippen LogP contribution in [0.15, 0.2) is 24.3 Å². The molecule has 1 aromatic carbocycles. The molecule has 0 saturated carbocycles. The summed E-state index contributed by atoms with van der Waals surface area (Å²) in [7, 11) is 0. The monoisotopic (exact) mass is 270 g/mol. The fourth-order valence-corrected chi connectivity index (χ4v) is 1.97. The van der Waals surface area contributed by atoms with Crippen molar-refractivity contribution in [1.82, 2.24) is 4.90 Å². The maximum Gasteiger partial charge on any atom is 0.269 e. The highest BCUT2D eigenvalue weighted by Gasteiger charge is 2.39. The third-order valence-corrected chi connectivity index (χ3v) is 3.02. The molecule has 0 N–H and O–H groups in total. The summed E-state index contributed by atoms with van der Waals surface area (Å²) >= 11 is 0. The molecule has 19 heavy (non-hydrogen) atoms. The molecule has 1 heterocycles. The van der Waals surface area contributed by atoms with Crippen LogP contribution in [0.5, 0.6) is 0 Å². The van der Waals surface area contributed by atoms with Gasteiger partial charge >= 0.3 is 0 Å². The molecule has 0 radical (unpaired) electrons. The lowest BCUT2D eigenvalue weighted by Gasteiger charge is -2.15. The van der Waals surface area contributed by atoms with E-state index in [-0.39, 0.29) is 31.0 Å². The van der Waals surface area contributed by atoms with Gasteiger partial charge in [0.2, 0.25) is 5.91 Å². The predicted octanol–water partition coefficient (Wildman–Crippen LogP) is 2.00. The molecule has 2 rings (SSSR count). The second-order valence-corrected chi connectivity index (χ2v) is 4.52. The van der Waals surface area contributed by atoms with Crippen LogP contribution in [-0.2, 0) is 11.2 Å². The molecule has 1 amide bonds. The van der Waals surface area contributed by atoms with Crippen molar-refractivity contribution in [3.63, 3.8) is 0 Å². The van der Waals surface area contributed by atoms with E-state index < -0.39 is 17.4 Å². The minimum absolute atomic E-state index is 0.0198. The Morgan fingerprint density at radius 3 is 2.47 bits per heavy atom. The van der Waals surface area contributed by atoms with Gasteiger partial charge in [0.05, 0.1) is 17.9 Å². The summed E-state index contributed by atoms with van der Waals surface area (Å²) in [5, 5.41) is 10.5. The van der Waals surface area contributed by atoms with Crippen molar-refractivity contribution in [1.29, 1.82) is 0 Å². The van der Waals surface area contributed by atoms with Crippen LogP contribution in [-0.4, -0.2) is 34.7 Å². The van der Waals surface area contributed by atoms with E-state index in [1.54, 1.807) is 0 Å². The Balaban J connectivity index is 1.98. The van der Waals surface area contributed by atoms with Crippen molar-refractivity contribution < 1.29 is 18.5 Å². The number of nitro groups is 1. The summed E-state index contributed by atoms with van der Waals surface area (Å²) in [5.74, 6) is -3.18. The van der Waals surface area contributed by atoms with Gasteiger partial charge in [-0.05, 0) is 5.56 Å². The molecule has 0 spiro atoms. The fraction of sp³-hybridized carbons (Fsp3) is 0.417. The van der Waals surface area contributed by atoms with Gasteiger partial charge in [-0.2, -0.15) is 0 Å². The number of halogens is 2. The van der Waals surface area contributed by atoms with Gasteiger partial charge in [-0.15, -0.1) is 0 Å². The summed E-state index contributed by atoms with van der Waals surface area (Å²) in [6, 6.07) is 5.51. The molecule has 1 aliphatic heterocycles. The predicted molar refractivity (Wildman–Crippen MR) is 62.9 cm³/mol. The molecule has 1 saturated heterocycles. The van der Waals surface area contributed by atoms with Crippen LogP contribution in [0, 0.1) is 10.1 Å². The van der Waals surface area contributed by atoms with Gasteiger partial charge in [-0.25, -0.2) is 8.78 Å². The van der Waals surface area contributed by atoms with Crippen molar-refractivity contribution in [2.75, 3.05) is 13.1 Å². The first-order valence-electron chi connectivity index (χ1n) is 5.76. The Bertz CT molecular complexity index is 502. The van der Waals surface area contributed by atoms with Gasteiger partial charge in [0.15, 0.2) is 0 Å². The zero-order chi connectivity index (χ0) is 14.0. The maximum atomic E-state index is 13.0. The first-order valence-corrected chi connectivity index (χ1v) is 5.76. The van der Waals surface area contributed by atoms with E-state index in [0.717, 1.165) is 4.90 Å². The zero-order valence-corrected chi connectivity index (χ0v) is 10.0. The number of alkyl halides is 2. The van der Waals surface area contributed by atoms with Crippen LogP contribution in [0.4, 0.5) is 14.5 Å². The Kier molecular flexibility index (Phi) is 3.46. The summed E-state index contributed by atoms with van der Waals surface area (Å²) in [4.78, 5) is 22.8. The standard InChI is InChI=1S/C12H12F2N2O3/c13-12(14)5-6-15(8-12)11(17)7-9-1-3-10(4-2-9)16(18)19/h1-4H,5-8H2. The third-order valence-electron chi connectivity index (χ3n) is 3.02. The van der Waals surface area contributed by atoms with Crippen molar-refractivity contribution in [3.8, 4) is 0 Å². The Morgan fingerprint density at radius 1 is 1.37 bits per heavy atom. The molecular weight excluding hydrogens is 258 g/mol. The molecule has 0 aliphatic carbocycles. The number of nitrogens with zero attached hydrogens (tertiary/aromatic N) is 2. The van der Waals surface area contributed by atoms with Crippen LogP contribution >= 0.6 is 0 Å². The number of non-ortho nitro benzene ring substituents is 1. The first-order chi connectivity index (χ1) is 8.87. The molecule has 7 heteroatoms. The van der Waals surface area contributed by atoms with Crippen LogP contribution in [0.25, 0.3) is 0 Å². The largest absolute Gasteiger partial charge is 0.336 e. The number of carbonyl (C=O) groups is 1. The smallest absolute Gasteiger partial charge is 0.269 e. The minimum atomic E-state index is -2.80. The number of hydrogen-bond donors (Lipinski definition) is 0. The molecule has 1 aromatic rings. The zero-order valence-electron chi connectivity index (χ0n) is 10.0. The fourth-order valence-electron chi connectivity index (χ4n) is 1.97. The van der Waals surface area contributed by atoms with Gasteiger partial charge in [-0.1, -0.05) is 12.1 Å². The molecule has 1 fully saturated rings. The number of rotatable bonds is 3. The number of hydrogen-bond acceptors (Lipinski definition) is 3. The van der Waals surface area contributed by atoms with Gasteiger partial charge in [0.25, 0.3) is 11.6 Å². The number of nitro benzene ring substituents is 1. The SMILES string of the molecule is O=C(Cc1ccc([N+](=O)[O-])cc1)N1CCC(F)(F)C1. The molecular formula is C12H12F2N2O3. The maximum absolute atomic E-state index is 13.0. The van der Waals surface area contributed by atoms with Crippen molar-refractivity contribution in [2.24, 2.45) is 0 Å². The van der Waals surface area contributed by atoms with E-state index in [4.69, 9.17) is 0 Å². The van der Waals surface area contributed by atoms with Crippen molar-refractivity contribution >= 4 is 11.6 Å². The molecule has 0 bridgehead atoms. The Hall–Kier alpha value is -2.05. The van der Waals surface area contributed by atoms with E-state index in [9.17, 15) is 23.7 Å². The molecule has 0 aromatic heterocycles. The molecule has 1 aliphatic rings. The van der Waals surface area contributed by atoms with Gasteiger partial charge in [0.1, 0.15) is 0 Å². The van der Waals surface area contributed by atoms with Crippen LogP contribution < -0.4 is 0 Å². The minimum Gasteiger partial charge on any atom is -0.336 e. The summed E-state index contributed by atoms with van der Waals surface area (Å²) in [6.45, 7) is -0.488. The van der Waals surface area contributed by atoms with E-state index in [2.05, 4.69) is 0 Å². The van der Waals surface area contributed by atoms with E-state index in [1.165, 1.54) is 24.3 Å². The normalized spacial score (nSPS) is 17.5. The van der Waals surface area contributed by atoms with E-state index in [1.807, 2.05) is 0 Å². The van der Waals surface area contributed by atoms with Gasteiger partial charge in [-0.3, -0.25) is 14.9 Å². The first kappa shape index (κ1) is 13.4. The average molecular weight is 270 g/mol. The van der Waals surface area contributed by atoms with Crippen LogP contribution in [0.1, 0.15) is 12.0 Å². The lowest BCUT2D eigenvalue weighted by molar-refractivity contribution is -0.384. The lowest BCUT2D eigenvalue weighted by atomic mass is 10.1. The number of amides is 1. The Labute approximate surface area is 108 Å². The van der Waals surface area contributed by atoms with Gasteiger partial charge in [0, 0.05) is 25.1 Å². The van der Waals surface area contributed by atoms with E-state index >= 15 is 0 Å².